The zero-order chi connectivity index (χ0) is 21.3. The zero-order valence-electron chi connectivity index (χ0n) is 15.8. The molecule has 2 aliphatic heterocycles. The van der Waals surface area contributed by atoms with Gasteiger partial charge >= 0.3 is 0 Å². The van der Waals surface area contributed by atoms with Crippen molar-refractivity contribution >= 4 is 44.9 Å². The average Bonchev–Trinajstić information content (AvgIpc) is 2.74. The van der Waals surface area contributed by atoms with Crippen LogP contribution in [0.5, 0.6) is 0 Å². The number of rotatable bonds is 2. The molecule has 1 saturated heterocycles. The van der Waals surface area contributed by atoms with Gasteiger partial charge in [0, 0.05) is 28.8 Å². The third-order valence-corrected chi connectivity index (χ3v) is 5.70. The Kier molecular flexibility index (Phi) is 5.31. The number of benzene rings is 1. The van der Waals surface area contributed by atoms with Crippen molar-refractivity contribution in [1.82, 2.24) is 10.3 Å². The first-order valence-electron chi connectivity index (χ1n) is 9.14. The summed E-state index contributed by atoms with van der Waals surface area (Å²) in [5.74, 6) is 0.584. The van der Waals surface area contributed by atoms with Crippen molar-refractivity contribution in [2.75, 3.05) is 48.0 Å². The number of hydrogen-bond donors (Lipinski definition) is 4. The minimum atomic E-state index is -0.592. The monoisotopic (exact) mass is 467 g/mol. The van der Waals surface area contributed by atoms with Gasteiger partial charge in [-0.1, -0.05) is 22.0 Å². The maximum Gasteiger partial charge on any atom is 0.211 e. The van der Waals surface area contributed by atoms with E-state index >= 15 is 0 Å². The molecule has 2 aromatic rings. The molecule has 1 atom stereocenters. The molecule has 0 saturated carbocycles. The summed E-state index contributed by atoms with van der Waals surface area (Å²) in [6.07, 6.45) is 1.84. The van der Waals surface area contributed by atoms with E-state index in [-0.39, 0.29) is 23.0 Å². The predicted octanol–water partition coefficient (Wildman–Crippen LogP) is 1.66. The molecule has 1 aromatic heterocycles. The van der Waals surface area contributed by atoms with Gasteiger partial charge in [0.15, 0.2) is 6.19 Å². The summed E-state index contributed by atoms with van der Waals surface area (Å²) >= 11 is 3.65. The van der Waals surface area contributed by atoms with E-state index in [1.807, 2.05) is 30.5 Å². The molecule has 0 aliphatic carbocycles. The van der Waals surface area contributed by atoms with E-state index in [0.717, 1.165) is 28.8 Å². The predicted molar refractivity (Wildman–Crippen MR) is 117 cm³/mol. The Morgan fingerprint density at radius 3 is 2.70 bits per heavy atom. The van der Waals surface area contributed by atoms with E-state index < -0.39 is 6.04 Å². The van der Waals surface area contributed by atoms with Gasteiger partial charge in [-0.2, -0.15) is 10.5 Å². The number of nitrogens with zero attached hydrogens (tertiary/aromatic N) is 5. The lowest BCUT2D eigenvalue weighted by Crippen LogP contribution is -2.36. The minimum Gasteiger partial charge on any atom is -0.397 e. The number of pyridine rings is 1. The molecule has 4 rings (SSSR count). The van der Waals surface area contributed by atoms with Crippen LogP contribution in [0.4, 0.5) is 23.0 Å². The van der Waals surface area contributed by atoms with Gasteiger partial charge in [-0.25, -0.2) is 9.98 Å². The summed E-state index contributed by atoms with van der Waals surface area (Å²) in [6, 6.07) is 7.38. The number of hydrogen-bond acceptors (Lipinski definition) is 10. The summed E-state index contributed by atoms with van der Waals surface area (Å²) in [4.78, 5) is 11.1. The number of aliphatic imine (C=N–C) groups is 1. The summed E-state index contributed by atoms with van der Waals surface area (Å²) in [5, 5.41) is 23.9. The molecule has 1 aromatic carbocycles. The Balaban J connectivity index is 1.82. The van der Waals surface area contributed by atoms with E-state index in [1.165, 1.54) is 0 Å². The number of nitrogens with one attached hydrogen (secondary N) is 2. The maximum atomic E-state index is 9.44. The quantitative estimate of drug-likeness (QED) is 0.379. The minimum absolute atomic E-state index is 0.0138. The number of guanidine groups is 1. The number of nitriles is 2. The summed E-state index contributed by atoms with van der Waals surface area (Å²) < 4.78 is 6.24. The molecule has 1 unspecified atom stereocenters. The Bertz CT molecular complexity index is 1110. The molecule has 152 valence electrons. The van der Waals surface area contributed by atoms with Crippen molar-refractivity contribution in [1.29, 1.82) is 10.5 Å². The molecule has 30 heavy (non-hydrogen) atoms. The molecule has 0 radical (unpaired) electrons. The fourth-order valence-corrected chi connectivity index (χ4v) is 4.15. The van der Waals surface area contributed by atoms with Gasteiger partial charge in [0.25, 0.3) is 0 Å². The van der Waals surface area contributed by atoms with Gasteiger partial charge in [0.2, 0.25) is 5.96 Å². The van der Waals surface area contributed by atoms with Crippen LogP contribution in [0.1, 0.15) is 22.7 Å². The Hall–Kier alpha value is -3.54. The standard InChI is InChI=1S/C19H18BrN9O/c20-13-7-10(29-3-5-30-6-4-29)1-2-11(13)16-14-15(23)12(8-21)17(24)27-18(14)28-19(26-16)25-9-22/h1-2,7,16H,3-6H2,(H6,23,24,25,26,27,28). The van der Waals surface area contributed by atoms with E-state index in [9.17, 15) is 5.26 Å². The van der Waals surface area contributed by atoms with Crippen molar-refractivity contribution in [3.05, 3.63) is 39.4 Å². The summed E-state index contributed by atoms with van der Waals surface area (Å²) in [7, 11) is 0. The average molecular weight is 468 g/mol. The largest absolute Gasteiger partial charge is 0.397 e. The molecule has 0 amide bonds. The molecular weight excluding hydrogens is 450 g/mol. The van der Waals surface area contributed by atoms with Crippen molar-refractivity contribution in [2.45, 2.75) is 6.04 Å². The zero-order valence-corrected chi connectivity index (χ0v) is 17.4. The third-order valence-electron chi connectivity index (χ3n) is 5.01. The molecule has 11 heteroatoms. The number of aromatic nitrogens is 1. The van der Waals surface area contributed by atoms with E-state index in [0.29, 0.717) is 24.6 Å². The topological polar surface area (TPSA) is 161 Å². The number of morpholine rings is 1. The van der Waals surface area contributed by atoms with Gasteiger partial charge in [0.05, 0.1) is 18.9 Å². The second kappa shape index (κ2) is 8.06. The second-order valence-electron chi connectivity index (χ2n) is 6.71. The first kappa shape index (κ1) is 19.8. The molecule has 1 fully saturated rings. The fraction of sp³-hybridized carbons (Fsp3) is 0.263. The highest BCUT2D eigenvalue weighted by Crippen LogP contribution is 2.43. The Morgan fingerprint density at radius 2 is 2.03 bits per heavy atom. The first-order chi connectivity index (χ1) is 14.5. The van der Waals surface area contributed by atoms with Crippen LogP contribution < -0.4 is 27.0 Å². The number of halogens is 1. The van der Waals surface area contributed by atoms with Crippen molar-refractivity contribution < 1.29 is 4.74 Å². The Morgan fingerprint density at radius 1 is 1.27 bits per heavy atom. The molecule has 3 heterocycles. The summed E-state index contributed by atoms with van der Waals surface area (Å²) in [6.45, 7) is 3.01. The van der Waals surface area contributed by atoms with Crippen LogP contribution in [0, 0.1) is 22.8 Å². The van der Waals surface area contributed by atoms with Crippen LogP contribution >= 0.6 is 15.9 Å². The molecule has 2 aliphatic rings. The third kappa shape index (κ3) is 3.45. The number of fused-ring (bicyclic) bond motifs is 1. The summed E-state index contributed by atoms with van der Waals surface area (Å²) in [5.41, 5.74) is 14.9. The van der Waals surface area contributed by atoms with Crippen LogP contribution in [0.2, 0.25) is 0 Å². The second-order valence-corrected chi connectivity index (χ2v) is 7.56. The van der Waals surface area contributed by atoms with Crippen molar-refractivity contribution in [2.24, 2.45) is 4.99 Å². The normalized spacial score (nSPS) is 17.8. The molecule has 10 nitrogen and oxygen atoms in total. The smallest absolute Gasteiger partial charge is 0.211 e. The molecule has 0 bridgehead atoms. The van der Waals surface area contributed by atoms with Gasteiger partial charge in [-0.3, -0.25) is 5.32 Å². The fourth-order valence-electron chi connectivity index (χ4n) is 3.56. The molecular formula is C19H18BrN9O. The number of nitrogens with two attached hydrogens (primary N) is 2. The van der Waals surface area contributed by atoms with Crippen LogP contribution in [0.25, 0.3) is 0 Å². The molecule has 6 N–H and O–H groups in total. The first-order valence-corrected chi connectivity index (χ1v) is 9.93. The lowest BCUT2D eigenvalue weighted by molar-refractivity contribution is 0.122. The van der Waals surface area contributed by atoms with Gasteiger partial charge in [-0.05, 0) is 17.7 Å². The van der Waals surface area contributed by atoms with Crippen molar-refractivity contribution in [3.63, 3.8) is 0 Å². The van der Waals surface area contributed by atoms with Crippen LogP contribution in [0.3, 0.4) is 0 Å². The lowest BCUT2D eigenvalue weighted by atomic mass is 9.95. The Labute approximate surface area is 181 Å². The van der Waals surface area contributed by atoms with Crippen LogP contribution in [-0.2, 0) is 4.74 Å². The van der Waals surface area contributed by atoms with Gasteiger partial charge in [-0.15, -0.1) is 0 Å². The van der Waals surface area contributed by atoms with Gasteiger partial charge in [0.1, 0.15) is 29.3 Å². The van der Waals surface area contributed by atoms with E-state index in [4.69, 9.17) is 21.5 Å². The highest BCUT2D eigenvalue weighted by atomic mass is 79.9. The highest BCUT2D eigenvalue weighted by Gasteiger charge is 2.31. The number of ether oxygens (including phenoxy) is 1. The van der Waals surface area contributed by atoms with Crippen LogP contribution in [-0.4, -0.2) is 37.2 Å². The van der Waals surface area contributed by atoms with E-state index in [1.54, 1.807) is 0 Å². The highest BCUT2D eigenvalue weighted by molar-refractivity contribution is 9.10. The van der Waals surface area contributed by atoms with Gasteiger partial charge < -0.3 is 26.4 Å². The maximum absolute atomic E-state index is 9.44. The number of anilines is 4. The van der Waals surface area contributed by atoms with Crippen molar-refractivity contribution in [3.8, 4) is 12.3 Å². The van der Waals surface area contributed by atoms with Crippen LogP contribution in [0.15, 0.2) is 27.7 Å². The molecule has 0 spiro atoms. The van der Waals surface area contributed by atoms with E-state index in [2.05, 4.69) is 41.4 Å². The number of nitrogen functional groups attached to an aromatic ring is 2. The SMILES string of the molecule is N#CNC1=NC(c2ccc(N3CCOCC3)cc2Br)c2c(nc(N)c(C#N)c2N)N1. The lowest BCUT2D eigenvalue weighted by Gasteiger charge is -2.30.